The van der Waals surface area contributed by atoms with E-state index in [1.807, 2.05) is 24.3 Å². The Hall–Kier alpha value is -2.74. The maximum absolute atomic E-state index is 12.8. The highest BCUT2D eigenvalue weighted by atomic mass is 32.2. The first-order chi connectivity index (χ1) is 14.3. The van der Waals surface area contributed by atoms with Crippen LogP contribution in [0.2, 0.25) is 0 Å². The van der Waals surface area contributed by atoms with E-state index in [1.165, 1.54) is 11.4 Å². The van der Waals surface area contributed by atoms with E-state index < -0.39 is 16.1 Å². The molecule has 0 aliphatic carbocycles. The molecule has 0 radical (unpaired) electrons. The summed E-state index contributed by atoms with van der Waals surface area (Å²) in [4.78, 5) is 12.8. The van der Waals surface area contributed by atoms with Gasteiger partial charge in [0, 0.05) is 6.54 Å². The summed E-state index contributed by atoms with van der Waals surface area (Å²) >= 11 is 0. The third kappa shape index (κ3) is 6.13. The summed E-state index contributed by atoms with van der Waals surface area (Å²) in [6.07, 6.45) is 2.91. The van der Waals surface area contributed by atoms with Gasteiger partial charge in [0.25, 0.3) is 0 Å². The number of ether oxygens (including phenoxy) is 2. The Bertz CT molecular complexity index is 929. The second-order valence-electron chi connectivity index (χ2n) is 6.89. The summed E-state index contributed by atoms with van der Waals surface area (Å²) < 4.78 is 36.6. The molecule has 0 aromatic heterocycles. The van der Waals surface area contributed by atoms with Gasteiger partial charge in [-0.3, -0.25) is 9.10 Å². The molecule has 0 saturated heterocycles. The Kier molecular flexibility index (Phi) is 8.53. The first kappa shape index (κ1) is 23.5. The number of hydrogen-bond acceptors (Lipinski definition) is 5. The first-order valence-electron chi connectivity index (χ1n) is 9.84. The molecule has 7 nitrogen and oxygen atoms in total. The van der Waals surface area contributed by atoms with Gasteiger partial charge in [0.1, 0.15) is 17.5 Å². The van der Waals surface area contributed by atoms with Crippen molar-refractivity contribution in [3.05, 3.63) is 54.1 Å². The fraction of sp³-hybridized carbons (Fsp3) is 0.409. The van der Waals surface area contributed by atoms with E-state index >= 15 is 0 Å². The number of nitrogens with zero attached hydrogens (tertiary/aromatic N) is 1. The number of rotatable bonds is 11. The molecule has 1 atom stereocenters. The minimum Gasteiger partial charge on any atom is -0.497 e. The molecule has 1 amide bonds. The lowest BCUT2D eigenvalue weighted by Crippen LogP contribution is -2.49. The van der Waals surface area contributed by atoms with Crippen molar-refractivity contribution in [2.24, 2.45) is 0 Å². The third-order valence-corrected chi connectivity index (χ3v) is 5.95. The molecule has 1 N–H and O–H groups in total. The minimum absolute atomic E-state index is 0.321. The van der Waals surface area contributed by atoms with Crippen molar-refractivity contribution < 1.29 is 22.7 Å². The van der Waals surface area contributed by atoms with Crippen LogP contribution >= 0.6 is 0 Å². The van der Waals surface area contributed by atoms with Crippen molar-refractivity contribution in [2.75, 3.05) is 31.3 Å². The highest BCUT2D eigenvalue weighted by Crippen LogP contribution is 2.25. The molecule has 0 fully saturated rings. The molecule has 0 unspecified atom stereocenters. The molecule has 2 aromatic carbocycles. The highest BCUT2D eigenvalue weighted by Gasteiger charge is 2.31. The molecule has 0 spiro atoms. The number of carbonyl (C=O) groups is 1. The molecule has 30 heavy (non-hydrogen) atoms. The number of amides is 1. The third-order valence-electron chi connectivity index (χ3n) is 4.77. The van der Waals surface area contributed by atoms with Crippen LogP contribution in [0.25, 0.3) is 0 Å². The minimum atomic E-state index is -3.66. The average Bonchev–Trinajstić information content (AvgIpc) is 2.74. The number of sulfonamides is 1. The molecule has 2 rings (SSSR count). The van der Waals surface area contributed by atoms with Crippen LogP contribution in [-0.4, -0.2) is 47.4 Å². The smallest absolute Gasteiger partial charge is 0.243 e. The van der Waals surface area contributed by atoms with E-state index in [2.05, 4.69) is 5.32 Å². The Balaban J connectivity index is 2.06. The lowest BCUT2D eigenvalue weighted by molar-refractivity contribution is -0.122. The first-order valence-corrected chi connectivity index (χ1v) is 11.7. The summed E-state index contributed by atoms with van der Waals surface area (Å²) in [5, 5.41) is 2.88. The molecular weight excluding hydrogens is 404 g/mol. The number of nitrogens with one attached hydrogen (secondary N) is 1. The van der Waals surface area contributed by atoms with Gasteiger partial charge < -0.3 is 14.8 Å². The second-order valence-corrected chi connectivity index (χ2v) is 8.75. The van der Waals surface area contributed by atoms with E-state index in [0.717, 1.165) is 24.0 Å². The molecule has 0 heterocycles. The maximum atomic E-state index is 12.8. The lowest BCUT2D eigenvalue weighted by Gasteiger charge is -2.30. The molecule has 0 saturated carbocycles. The van der Waals surface area contributed by atoms with E-state index in [9.17, 15) is 13.2 Å². The standard InChI is InChI=1S/C22H30N2O5S/c1-5-20(24(30(4,26)27)18-12-14-19(28-2)15-13-18)22(25)23-16-8-10-17-9-6-7-11-21(17)29-3/h6-7,9,11-15,20H,5,8,10,16H2,1-4H3,(H,23,25)/t20-/m1/s1. The van der Waals surface area contributed by atoms with Crippen molar-refractivity contribution in [3.8, 4) is 11.5 Å². The second kappa shape index (κ2) is 10.9. The van der Waals surface area contributed by atoms with Gasteiger partial charge in [0.2, 0.25) is 15.9 Å². The highest BCUT2D eigenvalue weighted by molar-refractivity contribution is 7.92. The van der Waals surface area contributed by atoms with Crippen LogP contribution in [0.4, 0.5) is 5.69 Å². The van der Waals surface area contributed by atoms with Crippen LogP contribution in [-0.2, 0) is 21.2 Å². The van der Waals surface area contributed by atoms with Crippen LogP contribution in [0.1, 0.15) is 25.3 Å². The van der Waals surface area contributed by atoms with Gasteiger partial charge in [-0.1, -0.05) is 25.1 Å². The number of aryl methyl sites for hydroxylation is 1. The van der Waals surface area contributed by atoms with Gasteiger partial charge in [0.05, 0.1) is 26.2 Å². The molecule has 164 valence electrons. The number of carbonyl (C=O) groups excluding carboxylic acids is 1. The Morgan fingerprint density at radius 2 is 1.73 bits per heavy atom. The normalized spacial score (nSPS) is 12.1. The van der Waals surface area contributed by atoms with Gasteiger partial charge >= 0.3 is 0 Å². The summed E-state index contributed by atoms with van der Waals surface area (Å²) in [6.45, 7) is 2.23. The SMILES string of the molecule is CC[C@H](C(=O)NCCCc1ccccc1OC)N(c1ccc(OC)cc1)S(C)(=O)=O. The fourth-order valence-electron chi connectivity index (χ4n) is 3.31. The maximum Gasteiger partial charge on any atom is 0.243 e. The van der Waals surface area contributed by atoms with E-state index in [4.69, 9.17) is 9.47 Å². The van der Waals surface area contributed by atoms with E-state index in [-0.39, 0.29) is 5.91 Å². The Morgan fingerprint density at radius 3 is 2.30 bits per heavy atom. The van der Waals surface area contributed by atoms with Gasteiger partial charge in [-0.25, -0.2) is 8.42 Å². The largest absolute Gasteiger partial charge is 0.497 e. The summed E-state index contributed by atoms with van der Waals surface area (Å²) in [5.74, 6) is 1.11. The number of anilines is 1. The quantitative estimate of drug-likeness (QED) is 0.550. The average molecular weight is 435 g/mol. The zero-order chi connectivity index (χ0) is 22.1. The van der Waals surface area contributed by atoms with Crippen LogP contribution in [0.15, 0.2) is 48.5 Å². The predicted octanol–water partition coefficient (Wildman–Crippen LogP) is 3.00. The van der Waals surface area contributed by atoms with Crippen LogP contribution < -0.4 is 19.1 Å². The molecule has 0 aliphatic rings. The zero-order valence-corrected chi connectivity index (χ0v) is 18.7. The summed E-state index contributed by atoms with van der Waals surface area (Å²) in [5.41, 5.74) is 1.49. The van der Waals surface area contributed by atoms with Gasteiger partial charge in [-0.2, -0.15) is 0 Å². The zero-order valence-electron chi connectivity index (χ0n) is 17.9. The predicted molar refractivity (Wildman–Crippen MR) is 119 cm³/mol. The van der Waals surface area contributed by atoms with Crippen molar-refractivity contribution in [1.29, 1.82) is 0 Å². The number of benzene rings is 2. The molecule has 0 bridgehead atoms. The van der Waals surface area contributed by atoms with E-state index in [1.54, 1.807) is 38.3 Å². The van der Waals surface area contributed by atoms with Gasteiger partial charge in [0.15, 0.2) is 0 Å². The van der Waals surface area contributed by atoms with Crippen molar-refractivity contribution in [3.63, 3.8) is 0 Å². The fourth-order valence-corrected chi connectivity index (χ4v) is 4.52. The Labute approximate surface area is 179 Å². The number of methoxy groups -OCH3 is 2. The topological polar surface area (TPSA) is 84.9 Å². The van der Waals surface area contributed by atoms with Crippen LogP contribution in [0, 0.1) is 0 Å². The molecular formula is C22H30N2O5S. The molecule has 8 heteroatoms. The summed E-state index contributed by atoms with van der Waals surface area (Å²) in [6, 6.07) is 13.5. The van der Waals surface area contributed by atoms with Gasteiger partial charge in [-0.15, -0.1) is 0 Å². The van der Waals surface area contributed by atoms with Gasteiger partial charge in [-0.05, 0) is 55.2 Å². The van der Waals surface area contributed by atoms with Crippen molar-refractivity contribution in [2.45, 2.75) is 32.2 Å². The number of hydrogen-bond donors (Lipinski definition) is 1. The lowest BCUT2D eigenvalue weighted by atomic mass is 10.1. The van der Waals surface area contributed by atoms with Crippen LogP contribution in [0.3, 0.4) is 0 Å². The van der Waals surface area contributed by atoms with E-state index in [0.29, 0.717) is 30.8 Å². The van der Waals surface area contributed by atoms with Crippen molar-refractivity contribution in [1.82, 2.24) is 5.32 Å². The van der Waals surface area contributed by atoms with Crippen LogP contribution in [0.5, 0.6) is 11.5 Å². The van der Waals surface area contributed by atoms with Crippen molar-refractivity contribution >= 4 is 21.6 Å². The monoisotopic (exact) mass is 434 g/mol. The number of para-hydroxylation sites is 1. The molecule has 0 aliphatic heterocycles. The summed E-state index contributed by atoms with van der Waals surface area (Å²) in [7, 11) is -0.493. The Morgan fingerprint density at radius 1 is 1.07 bits per heavy atom. The molecule has 2 aromatic rings.